The molecule has 0 aliphatic carbocycles. The molecule has 2 aliphatic rings. The van der Waals surface area contributed by atoms with Crippen LogP contribution in [0.4, 0.5) is 0 Å². The lowest BCUT2D eigenvalue weighted by Crippen LogP contribution is -2.42. The summed E-state index contributed by atoms with van der Waals surface area (Å²) >= 11 is 6.16. The van der Waals surface area contributed by atoms with Gasteiger partial charge < -0.3 is 15.0 Å². The maximum Gasteiger partial charge on any atom is 0.137 e. The molecule has 2 heterocycles. The van der Waals surface area contributed by atoms with E-state index in [0.717, 1.165) is 18.3 Å². The minimum Gasteiger partial charge on any atom is -0.492 e. The molecule has 2 aliphatic heterocycles. The van der Waals surface area contributed by atoms with Gasteiger partial charge in [-0.15, -0.1) is 0 Å². The van der Waals surface area contributed by atoms with E-state index in [1.165, 1.54) is 58.4 Å². The average Bonchev–Trinajstić information content (AvgIpc) is 2.55. The SMILES string of the molecule is Clc1ccccc1OCC1CCCN(CC2CCNCC2)C1. The fraction of sp³-hybridized carbons (Fsp3) is 0.667. The Morgan fingerprint density at radius 1 is 1.14 bits per heavy atom. The van der Waals surface area contributed by atoms with Gasteiger partial charge in [0.1, 0.15) is 5.75 Å². The van der Waals surface area contributed by atoms with Crippen LogP contribution in [0, 0.1) is 11.8 Å². The summed E-state index contributed by atoms with van der Waals surface area (Å²) in [6, 6.07) is 7.77. The van der Waals surface area contributed by atoms with Crippen LogP contribution in [0.1, 0.15) is 25.7 Å². The predicted molar refractivity (Wildman–Crippen MR) is 91.7 cm³/mol. The van der Waals surface area contributed by atoms with Crippen molar-refractivity contribution in [3.8, 4) is 5.75 Å². The highest BCUT2D eigenvalue weighted by atomic mass is 35.5. The fourth-order valence-electron chi connectivity index (χ4n) is 3.65. The molecular weight excluding hydrogens is 296 g/mol. The van der Waals surface area contributed by atoms with E-state index in [-0.39, 0.29) is 0 Å². The number of nitrogens with zero attached hydrogens (tertiary/aromatic N) is 1. The second-order valence-electron chi connectivity index (χ2n) is 6.70. The van der Waals surface area contributed by atoms with Crippen LogP contribution in [0.2, 0.25) is 5.02 Å². The van der Waals surface area contributed by atoms with E-state index < -0.39 is 0 Å². The van der Waals surface area contributed by atoms with Crippen molar-refractivity contribution in [1.29, 1.82) is 0 Å². The standard InChI is InChI=1S/C18H27ClN2O/c19-17-5-1-2-6-18(17)22-14-16-4-3-11-21(13-16)12-15-7-9-20-10-8-15/h1-2,5-6,15-16,20H,3-4,7-14H2. The minimum atomic E-state index is 0.631. The van der Waals surface area contributed by atoms with Crippen molar-refractivity contribution in [3.63, 3.8) is 0 Å². The first-order valence-electron chi connectivity index (χ1n) is 8.61. The summed E-state index contributed by atoms with van der Waals surface area (Å²) in [5.74, 6) is 2.33. The number of ether oxygens (including phenoxy) is 1. The van der Waals surface area contributed by atoms with Gasteiger partial charge in [-0.1, -0.05) is 23.7 Å². The molecule has 1 atom stereocenters. The number of para-hydroxylation sites is 1. The summed E-state index contributed by atoms with van der Waals surface area (Å²) in [7, 11) is 0. The van der Waals surface area contributed by atoms with Crippen molar-refractivity contribution in [1.82, 2.24) is 10.2 Å². The summed E-state index contributed by atoms with van der Waals surface area (Å²) in [5, 5.41) is 4.17. The molecule has 1 unspecified atom stereocenters. The van der Waals surface area contributed by atoms with Gasteiger partial charge in [0, 0.05) is 19.0 Å². The van der Waals surface area contributed by atoms with E-state index in [9.17, 15) is 0 Å². The van der Waals surface area contributed by atoms with Gasteiger partial charge in [0.25, 0.3) is 0 Å². The van der Waals surface area contributed by atoms with Crippen LogP contribution in [0.25, 0.3) is 0 Å². The number of likely N-dealkylation sites (tertiary alicyclic amines) is 1. The Bertz CT molecular complexity index is 462. The van der Waals surface area contributed by atoms with Crippen molar-refractivity contribution in [3.05, 3.63) is 29.3 Å². The Balaban J connectivity index is 1.45. The number of nitrogens with one attached hydrogen (secondary N) is 1. The molecule has 0 amide bonds. The van der Waals surface area contributed by atoms with E-state index in [0.29, 0.717) is 10.9 Å². The van der Waals surface area contributed by atoms with E-state index in [1.54, 1.807) is 0 Å². The lowest BCUT2D eigenvalue weighted by Gasteiger charge is -2.36. The first kappa shape index (κ1) is 16.1. The molecule has 3 nitrogen and oxygen atoms in total. The number of rotatable bonds is 5. The van der Waals surface area contributed by atoms with Crippen LogP contribution in [0.3, 0.4) is 0 Å². The lowest BCUT2D eigenvalue weighted by atomic mass is 9.94. The van der Waals surface area contributed by atoms with E-state index in [1.807, 2.05) is 24.3 Å². The number of piperidine rings is 2. The molecular formula is C18H27ClN2O. The highest BCUT2D eigenvalue weighted by Crippen LogP contribution is 2.26. The van der Waals surface area contributed by atoms with Crippen molar-refractivity contribution in [2.45, 2.75) is 25.7 Å². The van der Waals surface area contributed by atoms with Gasteiger partial charge in [0.05, 0.1) is 11.6 Å². The zero-order valence-corrected chi connectivity index (χ0v) is 14.0. The Morgan fingerprint density at radius 2 is 1.95 bits per heavy atom. The van der Waals surface area contributed by atoms with Crippen molar-refractivity contribution in [2.24, 2.45) is 11.8 Å². The van der Waals surface area contributed by atoms with Crippen LogP contribution in [-0.4, -0.2) is 44.2 Å². The quantitative estimate of drug-likeness (QED) is 0.899. The topological polar surface area (TPSA) is 24.5 Å². The largest absolute Gasteiger partial charge is 0.492 e. The third-order valence-electron chi connectivity index (χ3n) is 4.89. The van der Waals surface area contributed by atoms with Crippen molar-refractivity contribution >= 4 is 11.6 Å². The molecule has 1 aromatic carbocycles. The Labute approximate surface area is 139 Å². The van der Waals surface area contributed by atoms with E-state index in [4.69, 9.17) is 16.3 Å². The van der Waals surface area contributed by atoms with E-state index >= 15 is 0 Å². The normalized spacial score (nSPS) is 24.3. The third kappa shape index (κ3) is 4.61. The van der Waals surface area contributed by atoms with Crippen LogP contribution in [0.5, 0.6) is 5.75 Å². The fourth-order valence-corrected chi connectivity index (χ4v) is 3.84. The molecule has 1 N–H and O–H groups in total. The molecule has 4 heteroatoms. The van der Waals surface area contributed by atoms with Crippen LogP contribution in [0.15, 0.2) is 24.3 Å². The van der Waals surface area contributed by atoms with Gasteiger partial charge in [-0.2, -0.15) is 0 Å². The number of halogens is 1. The van der Waals surface area contributed by atoms with Crippen molar-refractivity contribution in [2.75, 3.05) is 39.3 Å². The molecule has 2 fully saturated rings. The second kappa shape index (κ2) is 8.19. The predicted octanol–water partition coefficient (Wildman–Crippen LogP) is 3.43. The molecule has 0 aromatic heterocycles. The minimum absolute atomic E-state index is 0.631. The molecule has 22 heavy (non-hydrogen) atoms. The molecule has 0 spiro atoms. The van der Waals surface area contributed by atoms with Crippen LogP contribution >= 0.6 is 11.6 Å². The highest BCUT2D eigenvalue weighted by Gasteiger charge is 2.23. The first-order chi connectivity index (χ1) is 10.8. The van der Waals surface area contributed by atoms with Crippen LogP contribution < -0.4 is 10.1 Å². The van der Waals surface area contributed by atoms with Gasteiger partial charge in [0.15, 0.2) is 0 Å². The summed E-state index contributed by atoms with van der Waals surface area (Å²) in [6.45, 7) is 6.87. The molecule has 2 saturated heterocycles. The van der Waals surface area contributed by atoms with Gasteiger partial charge in [-0.3, -0.25) is 0 Å². The lowest BCUT2D eigenvalue weighted by molar-refractivity contribution is 0.110. The number of hydrogen-bond donors (Lipinski definition) is 1. The molecule has 1 aromatic rings. The van der Waals surface area contributed by atoms with Gasteiger partial charge in [-0.25, -0.2) is 0 Å². The monoisotopic (exact) mass is 322 g/mol. The molecule has 0 radical (unpaired) electrons. The summed E-state index contributed by atoms with van der Waals surface area (Å²) < 4.78 is 5.95. The summed E-state index contributed by atoms with van der Waals surface area (Å²) in [4.78, 5) is 2.65. The molecule has 122 valence electrons. The number of benzene rings is 1. The Kier molecular flexibility index (Phi) is 5.99. The van der Waals surface area contributed by atoms with E-state index in [2.05, 4.69) is 10.2 Å². The molecule has 0 saturated carbocycles. The average molecular weight is 323 g/mol. The van der Waals surface area contributed by atoms with Gasteiger partial charge in [-0.05, 0) is 63.4 Å². The van der Waals surface area contributed by atoms with Gasteiger partial charge in [0.2, 0.25) is 0 Å². The molecule has 0 bridgehead atoms. The maximum atomic E-state index is 6.16. The Hall–Kier alpha value is -0.770. The third-order valence-corrected chi connectivity index (χ3v) is 5.20. The van der Waals surface area contributed by atoms with Gasteiger partial charge >= 0.3 is 0 Å². The second-order valence-corrected chi connectivity index (χ2v) is 7.11. The molecule has 3 rings (SSSR count). The zero-order chi connectivity index (χ0) is 15.2. The summed E-state index contributed by atoms with van der Waals surface area (Å²) in [5.41, 5.74) is 0. The number of hydrogen-bond acceptors (Lipinski definition) is 3. The van der Waals surface area contributed by atoms with Crippen molar-refractivity contribution < 1.29 is 4.74 Å². The maximum absolute atomic E-state index is 6.16. The first-order valence-corrected chi connectivity index (χ1v) is 8.99. The Morgan fingerprint density at radius 3 is 2.77 bits per heavy atom. The van der Waals surface area contributed by atoms with Crippen LogP contribution in [-0.2, 0) is 0 Å². The summed E-state index contributed by atoms with van der Waals surface area (Å²) in [6.07, 6.45) is 5.23. The smallest absolute Gasteiger partial charge is 0.137 e. The zero-order valence-electron chi connectivity index (χ0n) is 13.3. The highest BCUT2D eigenvalue weighted by molar-refractivity contribution is 6.32.